The van der Waals surface area contributed by atoms with Gasteiger partial charge in [0.25, 0.3) is 0 Å². The second kappa shape index (κ2) is 7.98. The molecule has 1 aliphatic rings. The van der Waals surface area contributed by atoms with Crippen LogP contribution >= 0.6 is 0 Å². The summed E-state index contributed by atoms with van der Waals surface area (Å²) in [5, 5.41) is 6.24. The van der Waals surface area contributed by atoms with Crippen LogP contribution in [-0.4, -0.2) is 31.6 Å². The van der Waals surface area contributed by atoms with Crippen LogP contribution in [0.1, 0.15) is 26.2 Å². The highest BCUT2D eigenvalue weighted by molar-refractivity contribution is 5.76. The van der Waals surface area contributed by atoms with E-state index in [1.54, 1.807) is 12.1 Å². The molecule has 1 saturated heterocycles. The van der Waals surface area contributed by atoms with Gasteiger partial charge in [0.15, 0.2) is 0 Å². The van der Waals surface area contributed by atoms with E-state index in [1.165, 1.54) is 12.1 Å². The normalized spacial score (nSPS) is 17.2. The summed E-state index contributed by atoms with van der Waals surface area (Å²) in [6, 6.07) is 5.81. The van der Waals surface area contributed by atoms with Crippen LogP contribution in [0.25, 0.3) is 0 Å². The summed E-state index contributed by atoms with van der Waals surface area (Å²) < 4.78 is 18.3. The Balaban J connectivity index is 1.67. The zero-order valence-corrected chi connectivity index (χ0v) is 12.4. The van der Waals surface area contributed by atoms with E-state index in [9.17, 15) is 9.18 Å². The number of ether oxygens (including phenoxy) is 1. The maximum absolute atomic E-state index is 12.8. The summed E-state index contributed by atoms with van der Waals surface area (Å²) in [7, 11) is 0. The summed E-state index contributed by atoms with van der Waals surface area (Å²) in [4.78, 5) is 11.9. The minimum atomic E-state index is -0.286. The van der Waals surface area contributed by atoms with Crippen molar-refractivity contribution in [2.45, 2.75) is 32.2 Å². The lowest BCUT2D eigenvalue weighted by Crippen LogP contribution is -2.39. The smallest absolute Gasteiger partial charge is 0.220 e. The van der Waals surface area contributed by atoms with Gasteiger partial charge in [-0.3, -0.25) is 4.79 Å². The van der Waals surface area contributed by atoms with Crippen molar-refractivity contribution in [2.24, 2.45) is 5.92 Å². The molecule has 1 atom stereocenters. The first kappa shape index (κ1) is 15.8. The number of benzene rings is 1. The number of rotatable bonds is 6. The van der Waals surface area contributed by atoms with E-state index in [2.05, 4.69) is 10.6 Å². The molecule has 0 saturated carbocycles. The fraction of sp³-hybridized carbons (Fsp3) is 0.562. The number of carbonyl (C=O) groups is 1. The van der Waals surface area contributed by atoms with E-state index >= 15 is 0 Å². The van der Waals surface area contributed by atoms with Crippen molar-refractivity contribution >= 4 is 5.91 Å². The van der Waals surface area contributed by atoms with Gasteiger partial charge in [0.05, 0.1) is 6.04 Å². The summed E-state index contributed by atoms with van der Waals surface area (Å²) in [5.74, 6) is 0.884. The van der Waals surface area contributed by atoms with Gasteiger partial charge >= 0.3 is 0 Å². The molecular weight excluding hydrogens is 271 g/mol. The Labute approximate surface area is 125 Å². The van der Waals surface area contributed by atoms with Gasteiger partial charge in [-0.15, -0.1) is 0 Å². The van der Waals surface area contributed by atoms with Gasteiger partial charge in [-0.25, -0.2) is 4.39 Å². The molecule has 2 N–H and O–H groups in total. The number of hydrogen-bond donors (Lipinski definition) is 2. The molecule has 0 bridgehead atoms. The van der Waals surface area contributed by atoms with Crippen molar-refractivity contribution in [1.29, 1.82) is 0 Å². The molecule has 1 aromatic rings. The largest absolute Gasteiger partial charge is 0.491 e. The summed E-state index contributed by atoms with van der Waals surface area (Å²) >= 11 is 0. The SMILES string of the molecule is C[C@H](COc1ccc(F)cc1)NC(=O)CC1CCNCC1. The number of halogens is 1. The minimum absolute atomic E-state index is 0.0655. The quantitative estimate of drug-likeness (QED) is 0.845. The van der Waals surface area contributed by atoms with Crippen LogP contribution in [0.15, 0.2) is 24.3 Å². The Morgan fingerprint density at radius 1 is 1.38 bits per heavy atom. The van der Waals surface area contributed by atoms with E-state index < -0.39 is 0 Å². The van der Waals surface area contributed by atoms with E-state index in [0.29, 0.717) is 24.7 Å². The number of carbonyl (C=O) groups excluding carboxylic acids is 1. The standard InChI is InChI=1S/C16H23FN2O2/c1-12(11-21-15-4-2-14(17)3-5-15)19-16(20)10-13-6-8-18-9-7-13/h2-5,12-13,18H,6-11H2,1H3,(H,19,20)/t12-/m1/s1. The molecule has 5 heteroatoms. The number of amides is 1. The Morgan fingerprint density at radius 3 is 2.71 bits per heavy atom. The third kappa shape index (κ3) is 5.71. The summed E-state index contributed by atoms with van der Waals surface area (Å²) in [5.41, 5.74) is 0. The monoisotopic (exact) mass is 294 g/mol. The topological polar surface area (TPSA) is 50.4 Å². The van der Waals surface area contributed by atoms with Crippen LogP contribution in [0.4, 0.5) is 4.39 Å². The molecule has 1 heterocycles. The van der Waals surface area contributed by atoms with Gasteiger partial charge < -0.3 is 15.4 Å². The van der Waals surface area contributed by atoms with Crippen LogP contribution < -0.4 is 15.4 Å². The van der Waals surface area contributed by atoms with Crippen molar-refractivity contribution in [3.8, 4) is 5.75 Å². The molecule has 0 spiro atoms. The lowest BCUT2D eigenvalue weighted by Gasteiger charge is -2.23. The van der Waals surface area contributed by atoms with E-state index in [-0.39, 0.29) is 17.8 Å². The average molecular weight is 294 g/mol. The molecule has 21 heavy (non-hydrogen) atoms. The molecule has 0 radical (unpaired) electrons. The Kier molecular flexibility index (Phi) is 5.99. The molecule has 1 fully saturated rings. The van der Waals surface area contributed by atoms with Crippen LogP contribution in [0.5, 0.6) is 5.75 Å². The molecule has 0 aliphatic carbocycles. The highest BCUT2D eigenvalue weighted by atomic mass is 19.1. The van der Waals surface area contributed by atoms with Crippen molar-refractivity contribution < 1.29 is 13.9 Å². The van der Waals surface area contributed by atoms with Crippen molar-refractivity contribution in [3.63, 3.8) is 0 Å². The van der Waals surface area contributed by atoms with Crippen LogP contribution in [0, 0.1) is 11.7 Å². The second-order valence-electron chi connectivity index (χ2n) is 5.63. The molecule has 1 aromatic carbocycles. The second-order valence-corrected chi connectivity index (χ2v) is 5.63. The Morgan fingerprint density at radius 2 is 2.05 bits per heavy atom. The summed E-state index contributed by atoms with van der Waals surface area (Å²) in [6.07, 6.45) is 2.71. The fourth-order valence-electron chi connectivity index (χ4n) is 2.48. The third-order valence-corrected chi connectivity index (χ3v) is 3.65. The molecule has 4 nitrogen and oxygen atoms in total. The molecule has 1 aliphatic heterocycles. The lowest BCUT2D eigenvalue weighted by atomic mass is 9.94. The van der Waals surface area contributed by atoms with E-state index in [4.69, 9.17) is 4.74 Å². The van der Waals surface area contributed by atoms with Crippen molar-refractivity contribution in [2.75, 3.05) is 19.7 Å². The average Bonchev–Trinajstić information content (AvgIpc) is 2.47. The maximum Gasteiger partial charge on any atom is 0.220 e. The van der Waals surface area contributed by atoms with E-state index in [0.717, 1.165) is 25.9 Å². The van der Waals surface area contributed by atoms with E-state index in [1.807, 2.05) is 6.92 Å². The third-order valence-electron chi connectivity index (χ3n) is 3.65. The first-order chi connectivity index (χ1) is 10.1. The van der Waals surface area contributed by atoms with Crippen LogP contribution in [0.3, 0.4) is 0 Å². The first-order valence-corrected chi connectivity index (χ1v) is 7.52. The predicted octanol–water partition coefficient (Wildman–Crippen LogP) is 2.10. The van der Waals surface area contributed by atoms with Gasteiger partial charge in [0.2, 0.25) is 5.91 Å². The Hall–Kier alpha value is -1.62. The van der Waals surface area contributed by atoms with Gasteiger partial charge in [-0.05, 0) is 63.0 Å². The van der Waals surface area contributed by atoms with Gasteiger partial charge in [0, 0.05) is 6.42 Å². The highest BCUT2D eigenvalue weighted by Gasteiger charge is 2.17. The first-order valence-electron chi connectivity index (χ1n) is 7.52. The van der Waals surface area contributed by atoms with Crippen molar-refractivity contribution in [3.05, 3.63) is 30.1 Å². The molecular formula is C16H23FN2O2. The fourth-order valence-corrected chi connectivity index (χ4v) is 2.48. The lowest BCUT2D eigenvalue weighted by molar-refractivity contribution is -0.123. The molecule has 116 valence electrons. The Bertz CT molecular complexity index is 444. The van der Waals surface area contributed by atoms with Gasteiger partial charge in [-0.2, -0.15) is 0 Å². The molecule has 1 amide bonds. The number of piperidine rings is 1. The highest BCUT2D eigenvalue weighted by Crippen LogP contribution is 2.15. The molecule has 2 rings (SSSR count). The van der Waals surface area contributed by atoms with Gasteiger partial charge in [-0.1, -0.05) is 0 Å². The summed E-state index contributed by atoms with van der Waals surface area (Å²) in [6.45, 7) is 4.29. The maximum atomic E-state index is 12.8. The van der Waals surface area contributed by atoms with Crippen molar-refractivity contribution in [1.82, 2.24) is 10.6 Å². The number of hydrogen-bond acceptors (Lipinski definition) is 3. The molecule has 0 unspecified atom stereocenters. The zero-order chi connectivity index (χ0) is 15.1. The van der Waals surface area contributed by atoms with Gasteiger partial charge in [0.1, 0.15) is 18.2 Å². The van der Waals surface area contributed by atoms with Crippen LogP contribution in [-0.2, 0) is 4.79 Å². The predicted molar refractivity (Wildman–Crippen MR) is 79.7 cm³/mol. The zero-order valence-electron chi connectivity index (χ0n) is 12.4. The van der Waals surface area contributed by atoms with Crippen LogP contribution in [0.2, 0.25) is 0 Å². The number of nitrogens with one attached hydrogen (secondary N) is 2. The minimum Gasteiger partial charge on any atom is -0.491 e. The molecule has 0 aromatic heterocycles.